The van der Waals surface area contributed by atoms with Gasteiger partial charge in [-0.05, 0) is 42.7 Å². The van der Waals surface area contributed by atoms with Crippen molar-refractivity contribution in [1.82, 2.24) is 0 Å². The molecule has 0 aliphatic heterocycles. The third-order valence-electron chi connectivity index (χ3n) is 3.27. The number of rotatable bonds is 4. The van der Waals surface area contributed by atoms with Gasteiger partial charge in [0.15, 0.2) is 0 Å². The molecule has 1 aliphatic rings. The summed E-state index contributed by atoms with van der Waals surface area (Å²) < 4.78 is 19.5. The third kappa shape index (κ3) is 2.79. The lowest BCUT2D eigenvalue weighted by Crippen LogP contribution is -2.04. The minimum Gasteiger partial charge on any atom is -0.490 e. The molecule has 0 spiro atoms. The molecule has 0 bridgehead atoms. The summed E-state index contributed by atoms with van der Waals surface area (Å²) in [7, 11) is 0. The first-order valence-corrected chi connectivity index (χ1v) is 6.91. The fourth-order valence-electron chi connectivity index (χ4n) is 2.07. The molecular weight excluding hydrogens is 279 g/mol. The van der Waals surface area contributed by atoms with Gasteiger partial charge < -0.3 is 9.84 Å². The van der Waals surface area contributed by atoms with Gasteiger partial charge in [0.2, 0.25) is 0 Å². The molecule has 1 fully saturated rings. The van der Waals surface area contributed by atoms with Crippen molar-refractivity contribution in [2.45, 2.75) is 25.0 Å². The van der Waals surface area contributed by atoms with Crippen LogP contribution in [0.4, 0.5) is 4.39 Å². The van der Waals surface area contributed by atoms with Crippen LogP contribution >= 0.6 is 11.6 Å². The van der Waals surface area contributed by atoms with E-state index in [-0.39, 0.29) is 16.7 Å². The molecule has 0 saturated heterocycles. The van der Waals surface area contributed by atoms with Crippen LogP contribution in [0.3, 0.4) is 0 Å². The van der Waals surface area contributed by atoms with Crippen LogP contribution in [0.25, 0.3) is 0 Å². The van der Waals surface area contributed by atoms with E-state index >= 15 is 0 Å². The van der Waals surface area contributed by atoms with E-state index < -0.39 is 11.9 Å². The Bertz CT molecular complexity index is 605. The summed E-state index contributed by atoms with van der Waals surface area (Å²) in [5.41, 5.74) is 0.660. The smallest absolute Gasteiger partial charge is 0.130 e. The zero-order valence-electron chi connectivity index (χ0n) is 10.7. The van der Waals surface area contributed by atoms with E-state index in [9.17, 15) is 9.50 Å². The van der Waals surface area contributed by atoms with Gasteiger partial charge in [0.05, 0.1) is 6.10 Å². The highest BCUT2D eigenvalue weighted by molar-refractivity contribution is 6.31. The highest BCUT2D eigenvalue weighted by Gasteiger charge is 2.24. The second-order valence-electron chi connectivity index (χ2n) is 4.93. The maximum absolute atomic E-state index is 13.8. The molecule has 1 aliphatic carbocycles. The summed E-state index contributed by atoms with van der Waals surface area (Å²) in [4.78, 5) is 0. The molecule has 20 heavy (non-hydrogen) atoms. The Balaban J connectivity index is 1.91. The number of aliphatic hydroxyl groups is 1. The number of benzene rings is 2. The third-order valence-corrected chi connectivity index (χ3v) is 3.60. The van der Waals surface area contributed by atoms with Crippen molar-refractivity contribution in [3.05, 3.63) is 64.4 Å². The van der Waals surface area contributed by atoms with E-state index in [1.165, 1.54) is 12.1 Å². The van der Waals surface area contributed by atoms with Gasteiger partial charge in [0, 0.05) is 10.6 Å². The topological polar surface area (TPSA) is 29.5 Å². The summed E-state index contributed by atoms with van der Waals surface area (Å²) in [5.74, 6) is 0.176. The Kier molecular flexibility index (Phi) is 3.64. The van der Waals surface area contributed by atoms with Crippen LogP contribution in [0.2, 0.25) is 5.02 Å². The normalized spacial score (nSPS) is 15.9. The van der Waals surface area contributed by atoms with Crippen LogP contribution in [0, 0.1) is 5.82 Å². The highest BCUT2D eigenvalue weighted by Crippen LogP contribution is 2.33. The minimum atomic E-state index is -1.11. The summed E-state index contributed by atoms with van der Waals surface area (Å²) in [5, 5.41) is 10.6. The van der Waals surface area contributed by atoms with E-state index in [1.807, 2.05) is 6.07 Å². The van der Waals surface area contributed by atoms with Crippen molar-refractivity contribution in [3.8, 4) is 5.75 Å². The molecule has 0 aromatic heterocycles. The Morgan fingerprint density at radius 1 is 1.20 bits per heavy atom. The van der Waals surface area contributed by atoms with Gasteiger partial charge >= 0.3 is 0 Å². The number of hydrogen-bond donors (Lipinski definition) is 1. The molecule has 0 amide bonds. The Morgan fingerprint density at radius 3 is 2.65 bits per heavy atom. The first-order valence-electron chi connectivity index (χ1n) is 6.54. The van der Waals surface area contributed by atoms with Crippen molar-refractivity contribution in [2.75, 3.05) is 0 Å². The minimum absolute atomic E-state index is 0.0951. The fraction of sp³-hybridized carbons (Fsp3) is 0.250. The molecule has 1 saturated carbocycles. The monoisotopic (exact) mass is 292 g/mol. The SMILES string of the molecule is OC(c1cccc(OC2CC2)c1)c1c(F)cccc1Cl. The summed E-state index contributed by atoms with van der Waals surface area (Å²) in [6, 6.07) is 11.4. The van der Waals surface area contributed by atoms with E-state index in [0.29, 0.717) is 11.3 Å². The van der Waals surface area contributed by atoms with E-state index in [1.54, 1.807) is 24.3 Å². The number of ether oxygens (including phenoxy) is 1. The average molecular weight is 293 g/mol. The Labute approximate surface area is 121 Å². The van der Waals surface area contributed by atoms with E-state index in [4.69, 9.17) is 16.3 Å². The van der Waals surface area contributed by atoms with Gasteiger partial charge in [-0.3, -0.25) is 0 Å². The first-order chi connectivity index (χ1) is 9.65. The Morgan fingerprint density at radius 2 is 1.95 bits per heavy atom. The van der Waals surface area contributed by atoms with Crippen molar-refractivity contribution >= 4 is 11.6 Å². The summed E-state index contributed by atoms with van der Waals surface area (Å²) in [6.07, 6.45) is 1.29. The molecular formula is C16H14ClFO2. The molecule has 2 aromatic carbocycles. The van der Waals surface area contributed by atoms with Gasteiger partial charge in [0.25, 0.3) is 0 Å². The first kappa shape index (κ1) is 13.4. The van der Waals surface area contributed by atoms with Gasteiger partial charge in [-0.2, -0.15) is 0 Å². The summed E-state index contributed by atoms with van der Waals surface area (Å²) in [6.45, 7) is 0. The lowest BCUT2D eigenvalue weighted by Gasteiger charge is -2.15. The van der Waals surface area contributed by atoms with Crippen molar-refractivity contribution < 1.29 is 14.2 Å². The lowest BCUT2D eigenvalue weighted by atomic mass is 10.0. The molecule has 104 valence electrons. The number of hydrogen-bond acceptors (Lipinski definition) is 2. The average Bonchev–Trinajstić information content (AvgIpc) is 3.22. The van der Waals surface area contributed by atoms with E-state index in [2.05, 4.69) is 0 Å². The maximum Gasteiger partial charge on any atom is 0.130 e. The Hall–Kier alpha value is -1.58. The molecule has 2 nitrogen and oxygen atoms in total. The molecule has 3 rings (SSSR count). The molecule has 0 heterocycles. The van der Waals surface area contributed by atoms with Crippen LogP contribution in [0.15, 0.2) is 42.5 Å². The maximum atomic E-state index is 13.8. The van der Waals surface area contributed by atoms with Gasteiger partial charge in [-0.25, -0.2) is 4.39 Å². The quantitative estimate of drug-likeness (QED) is 0.919. The van der Waals surface area contributed by atoms with Crippen LogP contribution in [0.1, 0.15) is 30.1 Å². The second-order valence-corrected chi connectivity index (χ2v) is 5.33. The van der Waals surface area contributed by atoms with Crippen LogP contribution in [-0.4, -0.2) is 11.2 Å². The van der Waals surface area contributed by atoms with Crippen molar-refractivity contribution in [3.63, 3.8) is 0 Å². The predicted molar refractivity (Wildman–Crippen MR) is 75.6 cm³/mol. The van der Waals surface area contributed by atoms with Crippen LogP contribution in [-0.2, 0) is 0 Å². The molecule has 2 aromatic rings. The second kappa shape index (κ2) is 5.43. The predicted octanol–water partition coefficient (Wildman–Crippen LogP) is 4.10. The molecule has 1 unspecified atom stereocenters. The van der Waals surface area contributed by atoms with Gasteiger partial charge in [0.1, 0.15) is 17.7 Å². The molecule has 0 radical (unpaired) electrons. The lowest BCUT2D eigenvalue weighted by molar-refractivity contribution is 0.214. The summed E-state index contributed by atoms with van der Waals surface area (Å²) >= 11 is 5.98. The largest absolute Gasteiger partial charge is 0.490 e. The van der Waals surface area contributed by atoms with Crippen molar-refractivity contribution in [1.29, 1.82) is 0 Å². The molecule has 1 atom stereocenters. The van der Waals surface area contributed by atoms with Crippen molar-refractivity contribution in [2.24, 2.45) is 0 Å². The zero-order valence-corrected chi connectivity index (χ0v) is 11.5. The fourth-order valence-corrected chi connectivity index (χ4v) is 2.34. The van der Waals surface area contributed by atoms with Crippen LogP contribution < -0.4 is 4.74 Å². The van der Waals surface area contributed by atoms with Crippen LogP contribution in [0.5, 0.6) is 5.75 Å². The molecule has 4 heteroatoms. The standard InChI is InChI=1S/C16H14ClFO2/c17-13-5-2-6-14(18)15(13)16(19)10-3-1-4-12(9-10)20-11-7-8-11/h1-6,9,11,16,19H,7-8H2. The molecule has 1 N–H and O–H groups in total. The van der Waals surface area contributed by atoms with Gasteiger partial charge in [-0.15, -0.1) is 0 Å². The number of halogens is 2. The zero-order chi connectivity index (χ0) is 14.1. The highest BCUT2D eigenvalue weighted by atomic mass is 35.5. The van der Waals surface area contributed by atoms with Gasteiger partial charge in [-0.1, -0.05) is 29.8 Å². The number of aliphatic hydroxyl groups excluding tert-OH is 1. The van der Waals surface area contributed by atoms with E-state index in [0.717, 1.165) is 12.8 Å².